The van der Waals surface area contributed by atoms with E-state index in [0.717, 1.165) is 45.1 Å². The molecule has 30 heavy (non-hydrogen) atoms. The second-order valence-corrected chi connectivity index (χ2v) is 7.64. The summed E-state index contributed by atoms with van der Waals surface area (Å²) in [5.41, 5.74) is 5.15. The van der Waals surface area contributed by atoms with Gasteiger partial charge in [-0.3, -0.25) is 0 Å². The van der Waals surface area contributed by atoms with E-state index in [1.165, 1.54) is 5.56 Å². The molecule has 3 aromatic carbocycles. The van der Waals surface area contributed by atoms with Gasteiger partial charge >= 0.3 is 0 Å². The van der Waals surface area contributed by atoms with Gasteiger partial charge in [-0.15, -0.1) is 11.8 Å². The first-order valence-corrected chi connectivity index (χ1v) is 10.8. The van der Waals surface area contributed by atoms with Crippen LogP contribution in [0.3, 0.4) is 0 Å². The van der Waals surface area contributed by atoms with Crippen molar-refractivity contribution in [2.45, 2.75) is 5.75 Å². The van der Waals surface area contributed by atoms with Crippen LogP contribution in [0.2, 0.25) is 0 Å². The summed E-state index contributed by atoms with van der Waals surface area (Å²) in [6.07, 6.45) is 0. The van der Waals surface area contributed by atoms with Gasteiger partial charge in [0.25, 0.3) is 0 Å². The molecule has 4 rings (SSSR count). The van der Waals surface area contributed by atoms with Gasteiger partial charge in [0, 0.05) is 22.2 Å². The summed E-state index contributed by atoms with van der Waals surface area (Å²) in [6, 6.07) is 24.2. The lowest BCUT2D eigenvalue weighted by Gasteiger charge is -2.03. The molecule has 1 aromatic heterocycles. The largest absolute Gasteiger partial charge is 0.497 e. The predicted molar refractivity (Wildman–Crippen MR) is 124 cm³/mol. The molecular weight excluding hydrogens is 394 g/mol. The second kappa shape index (κ2) is 9.50. The van der Waals surface area contributed by atoms with Crippen LogP contribution in [0.4, 0.5) is 5.69 Å². The summed E-state index contributed by atoms with van der Waals surface area (Å²) < 4.78 is 10.5. The summed E-state index contributed by atoms with van der Waals surface area (Å²) in [5.74, 6) is 3.16. The Morgan fingerprint density at radius 3 is 2.20 bits per heavy atom. The second-order valence-electron chi connectivity index (χ2n) is 6.69. The number of aromatic nitrogens is 1. The SMILES string of the molecule is COc1ccc(CSC/N=N/c2c(-c3ccc(OC)cc3)[nH]c3ccccc23)cc1. The molecule has 0 radical (unpaired) electrons. The molecule has 0 spiro atoms. The third-order valence-electron chi connectivity index (χ3n) is 4.80. The fourth-order valence-electron chi connectivity index (χ4n) is 3.22. The molecule has 0 atom stereocenters. The monoisotopic (exact) mass is 417 g/mol. The van der Waals surface area contributed by atoms with Crippen LogP contribution in [0.1, 0.15) is 5.56 Å². The fraction of sp³-hybridized carbons (Fsp3) is 0.167. The molecule has 1 N–H and O–H groups in total. The first-order chi connectivity index (χ1) is 14.8. The fourth-order valence-corrected chi connectivity index (χ4v) is 3.88. The van der Waals surface area contributed by atoms with Gasteiger partial charge in [0.15, 0.2) is 0 Å². The Labute approximate surface area is 180 Å². The van der Waals surface area contributed by atoms with Crippen molar-refractivity contribution in [2.24, 2.45) is 10.2 Å². The zero-order chi connectivity index (χ0) is 20.8. The number of rotatable bonds is 8. The van der Waals surface area contributed by atoms with E-state index in [2.05, 4.69) is 39.5 Å². The van der Waals surface area contributed by atoms with Crippen molar-refractivity contribution in [3.63, 3.8) is 0 Å². The number of para-hydroxylation sites is 1. The van der Waals surface area contributed by atoms with E-state index in [9.17, 15) is 0 Å². The summed E-state index contributed by atoms with van der Waals surface area (Å²) in [6.45, 7) is 0. The van der Waals surface area contributed by atoms with Gasteiger partial charge in [0.1, 0.15) is 23.1 Å². The zero-order valence-corrected chi connectivity index (χ0v) is 17.8. The van der Waals surface area contributed by atoms with Crippen molar-refractivity contribution < 1.29 is 9.47 Å². The van der Waals surface area contributed by atoms with Gasteiger partial charge < -0.3 is 14.5 Å². The van der Waals surface area contributed by atoms with Crippen molar-refractivity contribution in [2.75, 3.05) is 20.1 Å². The Morgan fingerprint density at radius 2 is 1.50 bits per heavy atom. The predicted octanol–water partition coefficient (Wildman–Crippen LogP) is 6.83. The number of hydrogen-bond acceptors (Lipinski definition) is 5. The van der Waals surface area contributed by atoms with Crippen LogP contribution in [0.5, 0.6) is 11.5 Å². The highest BCUT2D eigenvalue weighted by Gasteiger charge is 2.13. The number of nitrogens with one attached hydrogen (secondary N) is 1. The molecule has 1 heterocycles. The number of aromatic amines is 1. The summed E-state index contributed by atoms with van der Waals surface area (Å²) in [4.78, 5) is 3.48. The Kier molecular flexibility index (Phi) is 6.35. The molecule has 0 aliphatic rings. The number of thioether (sulfide) groups is 1. The standard InChI is InChI=1S/C24H23N3O2S/c1-28-19-11-7-17(8-12-19)15-30-16-25-27-24-21-5-3-4-6-22(21)26-23(24)18-9-13-20(29-2)14-10-18/h3-14,26H,15-16H2,1-2H3/b27-25+. The van der Waals surface area contributed by atoms with Crippen molar-refractivity contribution in [1.82, 2.24) is 4.98 Å². The molecular formula is C24H23N3O2S. The van der Waals surface area contributed by atoms with Crippen molar-refractivity contribution in [3.8, 4) is 22.8 Å². The van der Waals surface area contributed by atoms with Crippen LogP contribution in [-0.2, 0) is 5.75 Å². The molecule has 0 unspecified atom stereocenters. The lowest BCUT2D eigenvalue weighted by Crippen LogP contribution is -1.84. The molecule has 5 nitrogen and oxygen atoms in total. The highest BCUT2D eigenvalue weighted by Crippen LogP contribution is 2.38. The summed E-state index contributed by atoms with van der Waals surface area (Å²) >= 11 is 1.73. The van der Waals surface area contributed by atoms with Gasteiger partial charge in [0.2, 0.25) is 0 Å². The average Bonchev–Trinajstić information content (AvgIpc) is 3.18. The number of H-pyrrole nitrogens is 1. The average molecular weight is 418 g/mol. The molecule has 0 saturated carbocycles. The number of benzene rings is 3. The Bertz CT molecular complexity index is 1140. The van der Waals surface area contributed by atoms with Crippen LogP contribution < -0.4 is 9.47 Å². The number of azo groups is 1. The minimum Gasteiger partial charge on any atom is -0.497 e. The molecule has 6 heteroatoms. The third kappa shape index (κ3) is 4.49. The van der Waals surface area contributed by atoms with E-state index >= 15 is 0 Å². The molecule has 0 bridgehead atoms. The van der Waals surface area contributed by atoms with Crippen LogP contribution in [0.15, 0.2) is 83.0 Å². The van der Waals surface area contributed by atoms with Gasteiger partial charge in [-0.1, -0.05) is 30.3 Å². The van der Waals surface area contributed by atoms with Gasteiger partial charge in [-0.2, -0.15) is 10.2 Å². The lowest BCUT2D eigenvalue weighted by atomic mass is 10.1. The Balaban J connectivity index is 1.50. The number of nitrogens with zero attached hydrogens (tertiary/aromatic N) is 2. The van der Waals surface area contributed by atoms with Gasteiger partial charge in [0.05, 0.1) is 19.9 Å². The van der Waals surface area contributed by atoms with Crippen molar-refractivity contribution >= 4 is 28.4 Å². The molecule has 0 aliphatic heterocycles. The van der Waals surface area contributed by atoms with Crippen molar-refractivity contribution in [3.05, 3.63) is 78.4 Å². The van der Waals surface area contributed by atoms with E-state index in [0.29, 0.717) is 5.88 Å². The molecule has 0 amide bonds. The molecule has 0 aliphatic carbocycles. The Morgan fingerprint density at radius 1 is 0.833 bits per heavy atom. The first kappa shape index (κ1) is 20.0. The van der Waals surface area contributed by atoms with Gasteiger partial charge in [-0.25, -0.2) is 0 Å². The lowest BCUT2D eigenvalue weighted by molar-refractivity contribution is 0.414. The normalized spacial score (nSPS) is 11.3. The van der Waals surface area contributed by atoms with E-state index in [4.69, 9.17) is 9.47 Å². The highest BCUT2D eigenvalue weighted by molar-refractivity contribution is 7.98. The first-order valence-electron chi connectivity index (χ1n) is 9.62. The molecule has 0 fully saturated rings. The number of methoxy groups -OCH3 is 2. The smallest absolute Gasteiger partial charge is 0.119 e. The number of ether oxygens (including phenoxy) is 2. The number of fused-ring (bicyclic) bond motifs is 1. The van der Waals surface area contributed by atoms with Gasteiger partial charge in [-0.05, 0) is 48.0 Å². The van der Waals surface area contributed by atoms with E-state index in [1.807, 2.05) is 48.5 Å². The molecule has 0 saturated heterocycles. The van der Waals surface area contributed by atoms with Crippen LogP contribution >= 0.6 is 11.8 Å². The van der Waals surface area contributed by atoms with Crippen LogP contribution in [-0.4, -0.2) is 25.1 Å². The maximum atomic E-state index is 5.27. The maximum absolute atomic E-state index is 5.27. The topological polar surface area (TPSA) is 59.0 Å². The summed E-state index contributed by atoms with van der Waals surface area (Å²) in [5, 5.41) is 10.1. The van der Waals surface area contributed by atoms with Crippen LogP contribution in [0, 0.1) is 0 Å². The minimum absolute atomic E-state index is 0.591. The third-order valence-corrected chi connectivity index (χ3v) is 5.64. The highest BCUT2D eigenvalue weighted by atomic mass is 32.2. The summed E-state index contributed by atoms with van der Waals surface area (Å²) in [7, 11) is 3.34. The zero-order valence-electron chi connectivity index (χ0n) is 17.0. The molecule has 152 valence electrons. The Hall–Kier alpha value is -3.25. The molecule has 4 aromatic rings. The van der Waals surface area contributed by atoms with Crippen LogP contribution in [0.25, 0.3) is 22.2 Å². The number of hydrogen-bond donors (Lipinski definition) is 1. The maximum Gasteiger partial charge on any atom is 0.119 e. The quantitative estimate of drug-likeness (QED) is 0.253. The van der Waals surface area contributed by atoms with E-state index < -0.39 is 0 Å². The van der Waals surface area contributed by atoms with E-state index in [-0.39, 0.29) is 0 Å². The van der Waals surface area contributed by atoms with E-state index in [1.54, 1.807) is 26.0 Å². The minimum atomic E-state index is 0.591. The van der Waals surface area contributed by atoms with Crippen molar-refractivity contribution in [1.29, 1.82) is 0 Å².